The number of nitrogens with one attached hydrogen (secondary N) is 1. The molecule has 3 aromatic carbocycles. The molecule has 0 aliphatic heterocycles. The van der Waals surface area contributed by atoms with E-state index < -0.39 is 0 Å². The van der Waals surface area contributed by atoms with Crippen molar-refractivity contribution >= 4 is 28.9 Å². The van der Waals surface area contributed by atoms with Gasteiger partial charge in [0.1, 0.15) is 0 Å². The highest BCUT2D eigenvalue weighted by Gasteiger charge is 2.15. The Morgan fingerprint density at radius 1 is 0.870 bits per heavy atom. The molecule has 0 aliphatic rings. The molecular formula is C19H15ClN2O. The lowest BCUT2D eigenvalue weighted by Gasteiger charge is -2.13. The molecule has 0 spiro atoms. The number of amides is 1. The summed E-state index contributed by atoms with van der Waals surface area (Å²) >= 11 is 6.11. The number of benzene rings is 3. The molecule has 4 heteroatoms. The maximum absolute atomic E-state index is 12.6. The summed E-state index contributed by atoms with van der Waals surface area (Å²) in [6.07, 6.45) is 0. The van der Waals surface area contributed by atoms with Gasteiger partial charge in [-0.1, -0.05) is 66.2 Å². The minimum atomic E-state index is -0.323. The maximum atomic E-state index is 12.6. The fourth-order valence-corrected chi connectivity index (χ4v) is 2.69. The first-order chi connectivity index (χ1) is 11.2. The fraction of sp³-hybridized carbons (Fsp3) is 0. The predicted molar refractivity (Wildman–Crippen MR) is 95.7 cm³/mol. The number of halogens is 1. The lowest BCUT2D eigenvalue weighted by Crippen LogP contribution is -2.15. The van der Waals surface area contributed by atoms with E-state index in [0.717, 1.165) is 11.1 Å². The minimum absolute atomic E-state index is 0.289. The average Bonchev–Trinajstić information content (AvgIpc) is 2.56. The molecule has 0 fully saturated rings. The van der Waals surface area contributed by atoms with Crippen molar-refractivity contribution in [3.8, 4) is 11.1 Å². The van der Waals surface area contributed by atoms with Crippen molar-refractivity contribution in [2.75, 3.05) is 11.1 Å². The van der Waals surface area contributed by atoms with Crippen LogP contribution in [0.2, 0.25) is 5.02 Å². The van der Waals surface area contributed by atoms with Gasteiger partial charge in [-0.05, 0) is 23.8 Å². The molecule has 0 heterocycles. The molecule has 3 N–H and O–H groups in total. The standard InChI is InChI=1S/C19H15ClN2O/c20-15-10-6-11-16(21)18(15)19(23)22-17-12-5-4-9-14(17)13-7-2-1-3-8-13/h1-12H,21H2,(H,22,23). The van der Waals surface area contributed by atoms with Crippen LogP contribution in [0.5, 0.6) is 0 Å². The number of hydrogen-bond donors (Lipinski definition) is 2. The Balaban J connectivity index is 1.97. The Bertz CT molecular complexity index is 827. The number of nitrogen functional groups attached to an aromatic ring is 1. The van der Waals surface area contributed by atoms with Crippen LogP contribution in [0, 0.1) is 0 Å². The Morgan fingerprint density at radius 3 is 2.30 bits per heavy atom. The van der Waals surface area contributed by atoms with Gasteiger partial charge in [0.2, 0.25) is 0 Å². The van der Waals surface area contributed by atoms with Crippen molar-refractivity contribution in [3.05, 3.63) is 83.4 Å². The van der Waals surface area contributed by atoms with Gasteiger partial charge in [-0.25, -0.2) is 0 Å². The summed E-state index contributed by atoms with van der Waals surface area (Å²) in [5.41, 5.74) is 9.19. The molecule has 0 aromatic heterocycles. The molecule has 0 unspecified atom stereocenters. The summed E-state index contributed by atoms with van der Waals surface area (Å²) in [5, 5.41) is 3.24. The quantitative estimate of drug-likeness (QED) is 0.678. The highest BCUT2D eigenvalue weighted by Crippen LogP contribution is 2.29. The molecule has 0 radical (unpaired) electrons. The molecule has 1 amide bonds. The SMILES string of the molecule is Nc1cccc(Cl)c1C(=O)Nc1ccccc1-c1ccccc1. The molecule has 0 aliphatic carbocycles. The normalized spacial score (nSPS) is 10.3. The Kier molecular flexibility index (Phi) is 4.31. The van der Waals surface area contributed by atoms with Gasteiger partial charge in [0.05, 0.1) is 10.6 Å². The van der Waals surface area contributed by atoms with E-state index in [0.29, 0.717) is 16.4 Å². The fourth-order valence-electron chi connectivity index (χ4n) is 2.43. The first-order valence-electron chi connectivity index (χ1n) is 7.16. The Labute approximate surface area is 139 Å². The van der Waals surface area contributed by atoms with Crippen LogP contribution in [0.15, 0.2) is 72.8 Å². The van der Waals surface area contributed by atoms with E-state index in [4.69, 9.17) is 17.3 Å². The summed E-state index contributed by atoms with van der Waals surface area (Å²) in [5.74, 6) is -0.323. The van der Waals surface area contributed by atoms with Crippen molar-refractivity contribution in [1.29, 1.82) is 0 Å². The van der Waals surface area contributed by atoms with Gasteiger partial charge in [-0.2, -0.15) is 0 Å². The molecule has 0 saturated carbocycles. The summed E-state index contributed by atoms with van der Waals surface area (Å²) in [4.78, 5) is 12.6. The van der Waals surface area contributed by atoms with E-state index in [9.17, 15) is 4.79 Å². The number of hydrogen-bond acceptors (Lipinski definition) is 2. The van der Waals surface area contributed by atoms with Gasteiger partial charge in [0.15, 0.2) is 0 Å². The lowest BCUT2D eigenvalue weighted by molar-refractivity contribution is 0.102. The first-order valence-corrected chi connectivity index (χ1v) is 7.54. The third-order valence-corrected chi connectivity index (χ3v) is 3.85. The molecule has 3 nitrogen and oxygen atoms in total. The topological polar surface area (TPSA) is 55.1 Å². The van der Waals surface area contributed by atoms with Crippen LogP contribution >= 0.6 is 11.6 Å². The van der Waals surface area contributed by atoms with E-state index >= 15 is 0 Å². The second-order valence-corrected chi connectivity index (χ2v) is 5.48. The second-order valence-electron chi connectivity index (χ2n) is 5.07. The highest BCUT2D eigenvalue weighted by atomic mass is 35.5. The first kappa shape index (κ1) is 15.1. The minimum Gasteiger partial charge on any atom is -0.398 e. The van der Waals surface area contributed by atoms with Gasteiger partial charge in [0, 0.05) is 16.9 Å². The van der Waals surface area contributed by atoms with Crippen LogP contribution in [0.1, 0.15) is 10.4 Å². The van der Waals surface area contributed by atoms with Crippen molar-refractivity contribution in [2.24, 2.45) is 0 Å². The molecule has 114 valence electrons. The van der Waals surface area contributed by atoms with Gasteiger partial charge in [-0.15, -0.1) is 0 Å². The molecule has 3 aromatic rings. The largest absolute Gasteiger partial charge is 0.398 e. The van der Waals surface area contributed by atoms with Crippen LogP contribution in [0.3, 0.4) is 0 Å². The monoisotopic (exact) mass is 322 g/mol. The summed E-state index contributed by atoms with van der Waals surface area (Å²) in [6.45, 7) is 0. The van der Waals surface area contributed by atoms with Crippen LogP contribution < -0.4 is 11.1 Å². The van der Waals surface area contributed by atoms with Crippen LogP contribution in [0.25, 0.3) is 11.1 Å². The summed E-state index contributed by atoms with van der Waals surface area (Å²) in [7, 11) is 0. The van der Waals surface area contributed by atoms with E-state index in [1.807, 2.05) is 54.6 Å². The Hall–Kier alpha value is -2.78. The van der Waals surface area contributed by atoms with Crippen LogP contribution in [-0.2, 0) is 0 Å². The van der Waals surface area contributed by atoms with Crippen molar-refractivity contribution in [1.82, 2.24) is 0 Å². The zero-order valence-electron chi connectivity index (χ0n) is 12.3. The molecular weight excluding hydrogens is 308 g/mol. The zero-order valence-corrected chi connectivity index (χ0v) is 13.0. The summed E-state index contributed by atoms with van der Waals surface area (Å²) in [6, 6.07) is 22.5. The number of carbonyl (C=O) groups excluding carboxylic acids is 1. The van der Waals surface area contributed by atoms with Crippen molar-refractivity contribution < 1.29 is 4.79 Å². The zero-order chi connectivity index (χ0) is 16.2. The van der Waals surface area contributed by atoms with E-state index in [1.54, 1.807) is 18.2 Å². The van der Waals surface area contributed by atoms with Gasteiger partial charge >= 0.3 is 0 Å². The molecule has 3 rings (SSSR count). The third-order valence-electron chi connectivity index (χ3n) is 3.53. The van der Waals surface area contributed by atoms with Crippen LogP contribution in [0.4, 0.5) is 11.4 Å². The molecule has 0 saturated heterocycles. The van der Waals surface area contributed by atoms with Gasteiger partial charge in [-0.3, -0.25) is 4.79 Å². The average molecular weight is 323 g/mol. The molecule has 23 heavy (non-hydrogen) atoms. The van der Waals surface area contributed by atoms with Gasteiger partial charge in [0.25, 0.3) is 5.91 Å². The number of carbonyl (C=O) groups is 1. The maximum Gasteiger partial charge on any atom is 0.259 e. The number of rotatable bonds is 3. The predicted octanol–water partition coefficient (Wildman–Crippen LogP) is 4.84. The van der Waals surface area contributed by atoms with E-state index in [2.05, 4.69) is 5.32 Å². The van der Waals surface area contributed by atoms with Crippen molar-refractivity contribution in [3.63, 3.8) is 0 Å². The van der Waals surface area contributed by atoms with Gasteiger partial charge < -0.3 is 11.1 Å². The van der Waals surface area contributed by atoms with E-state index in [-0.39, 0.29) is 11.5 Å². The third kappa shape index (κ3) is 3.20. The number of para-hydroxylation sites is 1. The molecule has 0 bridgehead atoms. The number of nitrogens with two attached hydrogens (primary N) is 1. The highest BCUT2D eigenvalue weighted by molar-refractivity contribution is 6.35. The smallest absolute Gasteiger partial charge is 0.259 e. The summed E-state index contributed by atoms with van der Waals surface area (Å²) < 4.78 is 0. The number of anilines is 2. The second kappa shape index (κ2) is 6.55. The molecule has 0 atom stereocenters. The Morgan fingerprint density at radius 2 is 1.57 bits per heavy atom. The van der Waals surface area contributed by atoms with Crippen molar-refractivity contribution in [2.45, 2.75) is 0 Å². The lowest BCUT2D eigenvalue weighted by atomic mass is 10.0. The van der Waals surface area contributed by atoms with Crippen LogP contribution in [-0.4, -0.2) is 5.91 Å². The van der Waals surface area contributed by atoms with E-state index in [1.165, 1.54) is 0 Å².